The number of benzene rings is 1. The van der Waals surface area contributed by atoms with Crippen LogP contribution in [0.2, 0.25) is 0 Å². The maximum absolute atomic E-state index is 12.9. The molecule has 2 aliphatic rings. The summed E-state index contributed by atoms with van der Waals surface area (Å²) in [6.45, 7) is 4.13. The van der Waals surface area contributed by atoms with Crippen molar-refractivity contribution in [3.8, 4) is 5.75 Å². The van der Waals surface area contributed by atoms with E-state index in [2.05, 4.69) is 4.90 Å². The largest absolute Gasteiger partial charge is 0.497 e. The third-order valence-corrected chi connectivity index (χ3v) is 4.64. The predicted octanol–water partition coefficient (Wildman–Crippen LogP) is 2.67. The molecule has 0 N–H and O–H groups in total. The van der Waals surface area contributed by atoms with Crippen molar-refractivity contribution in [2.75, 3.05) is 26.7 Å². The zero-order valence-corrected chi connectivity index (χ0v) is 14.4. The first kappa shape index (κ1) is 16.6. The minimum atomic E-state index is -0.174. The van der Waals surface area contributed by atoms with Gasteiger partial charge < -0.3 is 9.64 Å². The Bertz CT molecular complexity index is 658. The van der Waals surface area contributed by atoms with Gasteiger partial charge in [0.05, 0.1) is 12.7 Å². The highest BCUT2D eigenvalue weighted by atomic mass is 16.5. The average Bonchev–Trinajstić information content (AvgIpc) is 2.87. The van der Waals surface area contributed by atoms with E-state index in [0.717, 1.165) is 43.7 Å². The highest BCUT2D eigenvalue weighted by molar-refractivity contribution is 6.35. The van der Waals surface area contributed by atoms with Crippen LogP contribution in [-0.2, 0) is 9.59 Å². The number of amides is 2. The number of imide groups is 1. The quantitative estimate of drug-likeness (QED) is 0.780. The minimum absolute atomic E-state index is 0.144. The number of methoxy groups -OCH3 is 1. The molecule has 1 aromatic carbocycles. The zero-order valence-electron chi connectivity index (χ0n) is 14.4. The summed E-state index contributed by atoms with van der Waals surface area (Å²) in [5, 5.41) is 0. The average molecular weight is 328 g/mol. The van der Waals surface area contributed by atoms with Crippen LogP contribution >= 0.6 is 0 Å². The maximum atomic E-state index is 12.9. The maximum Gasteiger partial charge on any atom is 0.277 e. The van der Waals surface area contributed by atoms with Crippen LogP contribution in [0.3, 0.4) is 0 Å². The number of piperidine rings is 1. The van der Waals surface area contributed by atoms with Gasteiger partial charge in [0.15, 0.2) is 0 Å². The standard InChI is InChI=1S/C19H24N2O3/c1-3-11-21-18(22)16(14-7-9-15(24-2)10-8-14)17(19(21)23)20-12-5-4-6-13-20/h7-10H,3-6,11-13H2,1-2H3. The highest BCUT2D eigenvalue weighted by Crippen LogP contribution is 2.33. The first-order valence-corrected chi connectivity index (χ1v) is 8.67. The first-order chi connectivity index (χ1) is 11.7. The number of rotatable bonds is 5. The van der Waals surface area contributed by atoms with Gasteiger partial charge in [-0.05, 0) is 43.4 Å². The lowest BCUT2D eigenvalue weighted by atomic mass is 10.0. The molecule has 1 aromatic rings. The second kappa shape index (κ2) is 7.07. The van der Waals surface area contributed by atoms with Gasteiger partial charge in [-0.2, -0.15) is 0 Å². The molecule has 0 unspecified atom stereocenters. The van der Waals surface area contributed by atoms with Crippen LogP contribution in [0.5, 0.6) is 5.75 Å². The summed E-state index contributed by atoms with van der Waals surface area (Å²) in [5.41, 5.74) is 1.91. The van der Waals surface area contributed by atoms with Gasteiger partial charge in [-0.1, -0.05) is 19.1 Å². The van der Waals surface area contributed by atoms with Crippen LogP contribution in [0, 0.1) is 0 Å². The van der Waals surface area contributed by atoms with Gasteiger partial charge in [0, 0.05) is 19.6 Å². The van der Waals surface area contributed by atoms with E-state index >= 15 is 0 Å². The van der Waals surface area contributed by atoms with E-state index < -0.39 is 0 Å². The third kappa shape index (κ3) is 2.90. The van der Waals surface area contributed by atoms with Crippen molar-refractivity contribution in [2.24, 2.45) is 0 Å². The predicted molar refractivity (Wildman–Crippen MR) is 92.3 cm³/mol. The van der Waals surface area contributed by atoms with E-state index in [1.807, 2.05) is 31.2 Å². The number of nitrogens with zero attached hydrogens (tertiary/aromatic N) is 2. The van der Waals surface area contributed by atoms with E-state index in [4.69, 9.17) is 4.74 Å². The Morgan fingerprint density at radius 1 is 1.00 bits per heavy atom. The number of carbonyl (C=O) groups is 2. The normalized spacial score (nSPS) is 18.6. The Labute approximate surface area is 142 Å². The van der Waals surface area contributed by atoms with Crippen LogP contribution in [0.15, 0.2) is 30.0 Å². The molecule has 5 nitrogen and oxygen atoms in total. The smallest absolute Gasteiger partial charge is 0.277 e. The molecule has 128 valence electrons. The van der Waals surface area contributed by atoms with Crippen molar-refractivity contribution in [2.45, 2.75) is 32.6 Å². The van der Waals surface area contributed by atoms with Crippen LogP contribution in [-0.4, -0.2) is 48.4 Å². The van der Waals surface area contributed by atoms with Crippen molar-refractivity contribution in [3.05, 3.63) is 35.5 Å². The molecule has 24 heavy (non-hydrogen) atoms. The topological polar surface area (TPSA) is 49.9 Å². The Kier molecular flexibility index (Phi) is 4.88. The van der Waals surface area contributed by atoms with Crippen molar-refractivity contribution >= 4 is 17.4 Å². The van der Waals surface area contributed by atoms with Gasteiger partial charge in [-0.25, -0.2) is 0 Å². The Morgan fingerprint density at radius 2 is 1.67 bits per heavy atom. The summed E-state index contributed by atoms with van der Waals surface area (Å²) in [7, 11) is 1.61. The molecule has 2 heterocycles. The molecule has 3 rings (SSSR count). The highest BCUT2D eigenvalue weighted by Gasteiger charge is 2.41. The van der Waals surface area contributed by atoms with E-state index in [0.29, 0.717) is 17.8 Å². The lowest BCUT2D eigenvalue weighted by molar-refractivity contribution is -0.137. The lowest BCUT2D eigenvalue weighted by Gasteiger charge is -2.29. The molecule has 2 aliphatic heterocycles. The fourth-order valence-electron chi connectivity index (χ4n) is 3.42. The van der Waals surface area contributed by atoms with Crippen LogP contribution in [0.4, 0.5) is 0 Å². The van der Waals surface area contributed by atoms with Crippen molar-refractivity contribution in [1.82, 2.24) is 9.80 Å². The summed E-state index contributed by atoms with van der Waals surface area (Å²) in [6, 6.07) is 7.38. The third-order valence-electron chi connectivity index (χ3n) is 4.64. The molecule has 0 bridgehead atoms. The molecule has 0 atom stereocenters. The van der Waals surface area contributed by atoms with Gasteiger partial charge >= 0.3 is 0 Å². The van der Waals surface area contributed by atoms with E-state index in [1.165, 1.54) is 11.3 Å². The molecule has 0 radical (unpaired) electrons. The Morgan fingerprint density at radius 3 is 2.25 bits per heavy atom. The van der Waals surface area contributed by atoms with Gasteiger partial charge in [0.2, 0.25) is 0 Å². The number of carbonyl (C=O) groups excluding carboxylic acids is 2. The summed E-state index contributed by atoms with van der Waals surface area (Å²) >= 11 is 0. The van der Waals surface area contributed by atoms with Crippen LogP contribution in [0.1, 0.15) is 38.2 Å². The second-order valence-electron chi connectivity index (χ2n) is 6.26. The van der Waals surface area contributed by atoms with E-state index in [1.54, 1.807) is 7.11 Å². The zero-order chi connectivity index (χ0) is 17.1. The van der Waals surface area contributed by atoms with Gasteiger partial charge in [-0.15, -0.1) is 0 Å². The molecule has 2 amide bonds. The first-order valence-electron chi connectivity index (χ1n) is 8.67. The molecule has 0 aliphatic carbocycles. The Balaban J connectivity index is 2.04. The lowest BCUT2D eigenvalue weighted by Crippen LogP contribution is -2.37. The molecule has 1 saturated heterocycles. The van der Waals surface area contributed by atoms with Crippen molar-refractivity contribution < 1.29 is 14.3 Å². The van der Waals surface area contributed by atoms with Crippen LogP contribution in [0.25, 0.3) is 5.57 Å². The van der Waals surface area contributed by atoms with Gasteiger partial charge in [0.25, 0.3) is 11.8 Å². The summed E-state index contributed by atoms with van der Waals surface area (Å²) in [5.74, 6) is 0.420. The SMILES string of the molecule is CCCN1C(=O)C(c2ccc(OC)cc2)=C(N2CCCCC2)C1=O. The molecule has 5 heteroatoms. The molecule has 0 saturated carbocycles. The van der Waals surface area contributed by atoms with Gasteiger partial charge in [-0.3, -0.25) is 14.5 Å². The number of hydrogen-bond acceptors (Lipinski definition) is 4. The minimum Gasteiger partial charge on any atom is -0.497 e. The van der Waals surface area contributed by atoms with Crippen molar-refractivity contribution in [1.29, 1.82) is 0 Å². The number of ether oxygens (including phenoxy) is 1. The summed E-state index contributed by atoms with van der Waals surface area (Å²) < 4.78 is 5.19. The number of likely N-dealkylation sites (tertiary alicyclic amines) is 1. The summed E-state index contributed by atoms with van der Waals surface area (Å²) in [6.07, 6.45) is 4.08. The van der Waals surface area contributed by atoms with Crippen LogP contribution < -0.4 is 4.74 Å². The molecular formula is C19H24N2O3. The monoisotopic (exact) mass is 328 g/mol. The van der Waals surface area contributed by atoms with Gasteiger partial charge in [0.1, 0.15) is 11.4 Å². The van der Waals surface area contributed by atoms with E-state index in [9.17, 15) is 9.59 Å². The Hall–Kier alpha value is -2.30. The number of hydrogen-bond donors (Lipinski definition) is 0. The second-order valence-corrected chi connectivity index (χ2v) is 6.26. The fraction of sp³-hybridized carbons (Fsp3) is 0.474. The molecule has 1 fully saturated rings. The molecular weight excluding hydrogens is 304 g/mol. The molecule has 0 aromatic heterocycles. The fourth-order valence-corrected chi connectivity index (χ4v) is 3.42. The van der Waals surface area contributed by atoms with Crippen molar-refractivity contribution in [3.63, 3.8) is 0 Å². The van der Waals surface area contributed by atoms with E-state index in [-0.39, 0.29) is 11.8 Å². The molecule has 0 spiro atoms. The summed E-state index contributed by atoms with van der Waals surface area (Å²) in [4.78, 5) is 29.3.